The highest BCUT2D eigenvalue weighted by atomic mass is 19.1. The highest BCUT2D eigenvalue weighted by Gasteiger charge is 2.28. The van der Waals surface area contributed by atoms with Crippen molar-refractivity contribution in [1.82, 2.24) is 4.90 Å². The van der Waals surface area contributed by atoms with Crippen molar-refractivity contribution in [1.29, 1.82) is 0 Å². The van der Waals surface area contributed by atoms with Crippen LogP contribution in [-0.2, 0) is 0 Å². The molecule has 1 aliphatic carbocycles. The Morgan fingerprint density at radius 1 is 1.43 bits per heavy atom. The van der Waals surface area contributed by atoms with Crippen LogP contribution in [-0.4, -0.2) is 40.0 Å². The standard InChI is InChI=1S/C14H17FN2O4/c15-12-6-5-10(9-13(12)17(20)21)14(19)16(7-8-18)11-3-1-2-4-11/h5-6,9,11,18H,1-4,7-8H2. The molecule has 0 aromatic heterocycles. The first-order valence-corrected chi connectivity index (χ1v) is 6.90. The maximum absolute atomic E-state index is 13.3. The molecule has 1 aromatic rings. The van der Waals surface area contributed by atoms with Gasteiger partial charge in [0.05, 0.1) is 11.5 Å². The highest BCUT2D eigenvalue weighted by Crippen LogP contribution is 2.26. The van der Waals surface area contributed by atoms with Crippen LogP contribution in [0.15, 0.2) is 18.2 Å². The SMILES string of the molecule is O=C(c1ccc(F)c([N+](=O)[O-])c1)N(CCO)C1CCCC1. The summed E-state index contributed by atoms with van der Waals surface area (Å²) in [6.07, 6.45) is 3.75. The van der Waals surface area contributed by atoms with E-state index in [0.717, 1.165) is 37.8 Å². The minimum Gasteiger partial charge on any atom is -0.395 e. The topological polar surface area (TPSA) is 83.7 Å². The fraction of sp³-hybridized carbons (Fsp3) is 0.500. The Kier molecular flexibility index (Phi) is 4.85. The number of nitrogens with zero attached hydrogens (tertiary/aromatic N) is 2. The van der Waals surface area contributed by atoms with Gasteiger partial charge in [-0.15, -0.1) is 0 Å². The number of carbonyl (C=O) groups is 1. The summed E-state index contributed by atoms with van der Waals surface area (Å²) in [6.45, 7) is 0.000200. The maximum atomic E-state index is 13.3. The van der Waals surface area contributed by atoms with Crippen molar-refractivity contribution in [3.63, 3.8) is 0 Å². The molecule has 1 saturated carbocycles. The number of nitro groups is 1. The number of hydrogen-bond acceptors (Lipinski definition) is 4. The molecule has 0 bridgehead atoms. The molecule has 0 spiro atoms. The van der Waals surface area contributed by atoms with E-state index in [1.165, 1.54) is 11.0 Å². The van der Waals surface area contributed by atoms with Crippen LogP contribution in [0.2, 0.25) is 0 Å². The summed E-state index contributed by atoms with van der Waals surface area (Å²) in [5.74, 6) is -1.37. The zero-order valence-electron chi connectivity index (χ0n) is 11.5. The lowest BCUT2D eigenvalue weighted by Gasteiger charge is -2.28. The molecule has 1 aliphatic rings. The van der Waals surface area contributed by atoms with Crippen LogP contribution < -0.4 is 0 Å². The molecule has 0 saturated heterocycles. The number of nitro benzene ring substituents is 1. The van der Waals surface area contributed by atoms with Gasteiger partial charge in [0.1, 0.15) is 0 Å². The minimum atomic E-state index is -0.967. The van der Waals surface area contributed by atoms with Crippen LogP contribution in [0, 0.1) is 15.9 Å². The van der Waals surface area contributed by atoms with Crippen LogP contribution >= 0.6 is 0 Å². The van der Waals surface area contributed by atoms with Gasteiger partial charge in [-0.25, -0.2) is 0 Å². The average molecular weight is 296 g/mol. The van der Waals surface area contributed by atoms with Gasteiger partial charge in [0.25, 0.3) is 5.91 Å². The van der Waals surface area contributed by atoms with Gasteiger partial charge < -0.3 is 10.0 Å². The second-order valence-electron chi connectivity index (χ2n) is 5.08. The highest BCUT2D eigenvalue weighted by molar-refractivity contribution is 5.95. The van der Waals surface area contributed by atoms with Gasteiger partial charge in [0, 0.05) is 24.2 Å². The van der Waals surface area contributed by atoms with Crippen LogP contribution in [0.1, 0.15) is 36.0 Å². The van der Waals surface area contributed by atoms with E-state index in [0.29, 0.717) is 0 Å². The van der Waals surface area contributed by atoms with E-state index >= 15 is 0 Å². The van der Waals surface area contributed by atoms with E-state index in [-0.39, 0.29) is 24.8 Å². The Morgan fingerprint density at radius 2 is 2.10 bits per heavy atom. The van der Waals surface area contributed by atoms with Crippen LogP contribution in [0.4, 0.5) is 10.1 Å². The summed E-state index contributed by atoms with van der Waals surface area (Å²) < 4.78 is 13.3. The van der Waals surface area contributed by atoms with Crippen molar-refractivity contribution >= 4 is 11.6 Å². The molecule has 21 heavy (non-hydrogen) atoms. The van der Waals surface area contributed by atoms with Crippen molar-refractivity contribution in [2.45, 2.75) is 31.7 Å². The smallest absolute Gasteiger partial charge is 0.305 e. The molecule has 1 aromatic carbocycles. The number of hydrogen-bond donors (Lipinski definition) is 1. The number of aliphatic hydroxyl groups is 1. The van der Waals surface area contributed by atoms with Crippen molar-refractivity contribution in [2.24, 2.45) is 0 Å². The zero-order chi connectivity index (χ0) is 15.4. The van der Waals surface area contributed by atoms with E-state index in [1.54, 1.807) is 0 Å². The summed E-state index contributed by atoms with van der Waals surface area (Å²) in [5, 5.41) is 19.9. The second-order valence-corrected chi connectivity index (χ2v) is 5.08. The summed E-state index contributed by atoms with van der Waals surface area (Å²) in [5.41, 5.74) is -0.639. The quantitative estimate of drug-likeness (QED) is 0.666. The molecule has 1 fully saturated rings. The van der Waals surface area contributed by atoms with Crippen LogP contribution in [0.3, 0.4) is 0 Å². The Bertz CT molecular complexity index is 544. The van der Waals surface area contributed by atoms with Gasteiger partial charge in [0.2, 0.25) is 5.82 Å². The number of carbonyl (C=O) groups excluding carboxylic acids is 1. The molecule has 0 atom stereocenters. The van der Waals surface area contributed by atoms with Gasteiger partial charge in [-0.05, 0) is 25.0 Å². The maximum Gasteiger partial charge on any atom is 0.305 e. The van der Waals surface area contributed by atoms with Crippen LogP contribution in [0.5, 0.6) is 0 Å². The molecule has 2 rings (SSSR count). The number of amides is 1. The second kappa shape index (κ2) is 6.62. The van der Waals surface area contributed by atoms with Gasteiger partial charge in [-0.3, -0.25) is 14.9 Å². The third kappa shape index (κ3) is 3.36. The Hall–Kier alpha value is -2.02. The van der Waals surface area contributed by atoms with E-state index in [2.05, 4.69) is 0 Å². The zero-order valence-corrected chi connectivity index (χ0v) is 11.5. The molecule has 0 aliphatic heterocycles. The first kappa shape index (κ1) is 15.4. The molecule has 1 N–H and O–H groups in total. The van der Waals surface area contributed by atoms with Gasteiger partial charge in [0.15, 0.2) is 0 Å². The van der Waals surface area contributed by atoms with Crippen molar-refractivity contribution in [3.05, 3.63) is 39.7 Å². The normalized spacial score (nSPS) is 15.1. The predicted molar refractivity (Wildman–Crippen MR) is 73.4 cm³/mol. The van der Waals surface area contributed by atoms with Crippen molar-refractivity contribution in [2.75, 3.05) is 13.2 Å². The van der Waals surface area contributed by atoms with E-state index < -0.39 is 22.3 Å². The molecule has 0 heterocycles. The summed E-state index contributed by atoms with van der Waals surface area (Å²) >= 11 is 0. The molecule has 7 heteroatoms. The first-order chi connectivity index (χ1) is 10.0. The third-order valence-electron chi connectivity index (χ3n) is 3.76. The van der Waals surface area contributed by atoms with Gasteiger partial charge in [-0.2, -0.15) is 4.39 Å². The minimum absolute atomic E-state index is 0.0359. The first-order valence-electron chi connectivity index (χ1n) is 6.90. The molecule has 6 nitrogen and oxygen atoms in total. The fourth-order valence-corrected chi connectivity index (χ4v) is 2.73. The summed E-state index contributed by atoms with van der Waals surface area (Å²) in [4.78, 5) is 23.9. The predicted octanol–water partition coefficient (Wildman–Crippen LogP) is 2.11. The Labute approximate surface area is 121 Å². The molecule has 1 amide bonds. The number of benzene rings is 1. The van der Waals surface area contributed by atoms with Gasteiger partial charge in [-0.1, -0.05) is 12.8 Å². The van der Waals surface area contributed by atoms with E-state index in [1.807, 2.05) is 0 Å². The molecule has 0 unspecified atom stereocenters. The van der Waals surface area contributed by atoms with Crippen LogP contribution in [0.25, 0.3) is 0 Å². The summed E-state index contributed by atoms with van der Waals surface area (Å²) in [6, 6.07) is 3.16. The lowest BCUT2D eigenvalue weighted by Crippen LogP contribution is -2.40. The third-order valence-corrected chi connectivity index (χ3v) is 3.76. The monoisotopic (exact) mass is 296 g/mol. The fourth-order valence-electron chi connectivity index (χ4n) is 2.73. The largest absolute Gasteiger partial charge is 0.395 e. The van der Waals surface area contributed by atoms with Crippen molar-refractivity contribution in [3.8, 4) is 0 Å². The Balaban J connectivity index is 2.27. The van der Waals surface area contributed by atoms with Gasteiger partial charge >= 0.3 is 5.69 Å². The molecular formula is C14H17FN2O4. The van der Waals surface area contributed by atoms with E-state index in [4.69, 9.17) is 5.11 Å². The summed E-state index contributed by atoms with van der Waals surface area (Å²) in [7, 11) is 0. The number of rotatable bonds is 5. The molecule has 0 radical (unpaired) electrons. The lowest BCUT2D eigenvalue weighted by atomic mass is 10.1. The number of halogens is 1. The molecule has 114 valence electrons. The Morgan fingerprint density at radius 3 is 2.67 bits per heavy atom. The average Bonchev–Trinajstić information content (AvgIpc) is 2.98. The van der Waals surface area contributed by atoms with E-state index in [9.17, 15) is 19.3 Å². The number of aliphatic hydroxyl groups excluding tert-OH is 1. The van der Waals surface area contributed by atoms with Crippen molar-refractivity contribution < 1.29 is 19.2 Å². The molecular weight excluding hydrogens is 279 g/mol. The lowest BCUT2D eigenvalue weighted by molar-refractivity contribution is -0.387.